The molecule has 0 aliphatic rings. The van der Waals surface area contributed by atoms with Crippen LogP contribution in [0, 0.1) is 6.92 Å². The molecule has 14 heteroatoms. The number of hydrogen-bond acceptors (Lipinski definition) is 9. The summed E-state index contributed by atoms with van der Waals surface area (Å²) in [6.45, 7) is 1.78. The summed E-state index contributed by atoms with van der Waals surface area (Å²) in [4.78, 5) is 42.1. The van der Waals surface area contributed by atoms with Gasteiger partial charge in [-0.1, -0.05) is 29.8 Å². The molecule has 13 nitrogen and oxygen atoms in total. The SMILES string of the molecule is COc1cc(C(=O)O)ccc1N.Cc1cc(C(=O)O)ccc1N.Nc1ccc(C(=O)O)cc1Cl.Nc1ccc2c(C(=O)O)cccc2c1. The zero-order valence-electron chi connectivity index (χ0n) is 25.7. The molecule has 0 spiro atoms. The molecule has 0 fully saturated rings. The highest BCUT2D eigenvalue weighted by Crippen LogP contribution is 2.23. The van der Waals surface area contributed by atoms with Crippen molar-refractivity contribution in [2.75, 3.05) is 30.0 Å². The fraction of sp³-hybridized carbons (Fsp3) is 0.0588. The molecular weight excluding hydrogens is 644 g/mol. The van der Waals surface area contributed by atoms with Gasteiger partial charge in [-0.3, -0.25) is 0 Å². The van der Waals surface area contributed by atoms with Gasteiger partial charge in [0.2, 0.25) is 0 Å². The van der Waals surface area contributed by atoms with Crippen molar-refractivity contribution in [3.05, 3.63) is 124 Å². The van der Waals surface area contributed by atoms with Gasteiger partial charge in [0, 0.05) is 11.4 Å². The molecule has 0 saturated heterocycles. The molecular formula is C34H33ClN4O9. The van der Waals surface area contributed by atoms with Crippen LogP contribution in [0.5, 0.6) is 5.75 Å². The fourth-order valence-electron chi connectivity index (χ4n) is 3.80. The summed E-state index contributed by atoms with van der Waals surface area (Å²) in [5.74, 6) is -3.46. The minimum absolute atomic E-state index is 0.143. The standard InChI is InChI=1S/C11H9NO2.C8H9NO3.C8H9NO2.C7H6ClNO2/c12-8-4-5-9-7(6-8)2-1-3-10(9)11(13)14;1-12-7-4-5(8(10)11)2-3-6(7)9;1-5-4-6(8(10)11)2-3-7(5)9;8-5-3-4(7(10)11)1-2-6(5)9/h1-6H,12H2,(H,13,14);2-4H,9H2,1H3,(H,10,11);2-4H,9H2,1H3,(H,10,11);1-3H,9H2,(H,10,11). The Bertz CT molecular complexity index is 1900. The molecule has 0 amide bonds. The van der Waals surface area contributed by atoms with Crippen molar-refractivity contribution < 1.29 is 44.3 Å². The number of aryl methyl sites for hydroxylation is 1. The Kier molecular flexibility index (Phi) is 13.6. The molecule has 0 bridgehead atoms. The van der Waals surface area contributed by atoms with Crippen LogP contribution in [0.4, 0.5) is 22.7 Å². The first kappa shape index (κ1) is 37.7. The van der Waals surface area contributed by atoms with Gasteiger partial charge in [0.1, 0.15) is 5.75 Å². The molecule has 0 aliphatic heterocycles. The lowest BCUT2D eigenvalue weighted by Gasteiger charge is -2.03. The summed E-state index contributed by atoms with van der Waals surface area (Å²) >= 11 is 5.57. The summed E-state index contributed by atoms with van der Waals surface area (Å²) < 4.78 is 4.85. The molecule has 0 atom stereocenters. The van der Waals surface area contributed by atoms with Gasteiger partial charge in [0.05, 0.1) is 45.8 Å². The monoisotopic (exact) mass is 676 g/mol. The summed E-state index contributed by atoms with van der Waals surface area (Å²) in [5.41, 5.74) is 25.7. The van der Waals surface area contributed by atoms with E-state index in [0.717, 1.165) is 10.9 Å². The molecule has 5 aromatic rings. The minimum atomic E-state index is -1.01. The number of benzene rings is 5. The number of ether oxygens (including phenoxy) is 1. The number of carboxylic acid groups (broad SMARTS) is 4. The Balaban J connectivity index is 0.000000224. The van der Waals surface area contributed by atoms with E-state index >= 15 is 0 Å². The molecule has 5 rings (SSSR count). The smallest absolute Gasteiger partial charge is 0.336 e. The van der Waals surface area contributed by atoms with Gasteiger partial charge < -0.3 is 48.1 Å². The average molecular weight is 677 g/mol. The van der Waals surface area contributed by atoms with Crippen molar-refractivity contribution in [2.45, 2.75) is 6.92 Å². The first-order valence-electron chi connectivity index (χ1n) is 13.6. The van der Waals surface area contributed by atoms with Crippen LogP contribution >= 0.6 is 11.6 Å². The van der Waals surface area contributed by atoms with Crippen molar-refractivity contribution in [2.24, 2.45) is 0 Å². The maximum absolute atomic E-state index is 10.9. The largest absolute Gasteiger partial charge is 0.495 e. The van der Waals surface area contributed by atoms with Crippen molar-refractivity contribution in [3.8, 4) is 5.75 Å². The van der Waals surface area contributed by atoms with Gasteiger partial charge in [-0.25, -0.2) is 19.2 Å². The van der Waals surface area contributed by atoms with E-state index in [9.17, 15) is 19.2 Å². The maximum Gasteiger partial charge on any atom is 0.336 e. The predicted octanol–water partition coefficient (Wildman–Crippen LogP) is 5.99. The van der Waals surface area contributed by atoms with E-state index in [1.807, 2.05) is 6.07 Å². The normalized spacial score (nSPS) is 9.73. The van der Waals surface area contributed by atoms with Crippen LogP contribution in [-0.4, -0.2) is 51.4 Å². The molecule has 0 aliphatic carbocycles. The van der Waals surface area contributed by atoms with E-state index in [1.54, 1.807) is 49.4 Å². The van der Waals surface area contributed by atoms with Crippen LogP contribution in [0.3, 0.4) is 0 Å². The first-order chi connectivity index (χ1) is 22.5. The molecule has 0 aromatic heterocycles. The third kappa shape index (κ3) is 10.9. The van der Waals surface area contributed by atoms with Crippen molar-refractivity contribution in [1.29, 1.82) is 0 Å². The summed E-state index contributed by atoms with van der Waals surface area (Å²) in [7, 11) is 1.44. The zero-order chi connectivity index (χ0) is 36.1. The second-order valence-electron chi connectivity index (χ2n) is 9.77. The van der Waals surface area contributed by atoms with Gasteiger partial charge in [-0.15, -0.1) is 0 Å². The molecule has 0 unspecified atom stereocenters. The second-order valence-corrected chi connectivity index (χ2v) is 10.2. The quantitative estimate of drug-likeness (QED) is 0.0995. The molecule has 48 heavy (non-hydrogen) atoms. The number of rotatable bonds is 5. The number of nitrogens with two attached hydrogens (primary N) is 4. The number of carboxylic acids is 4. The molecule has 0 heterocycles. The van der Waals surface area contributed by atoms with Gasteiger partial charge in [-0.05, 0) is 96.1 Å². The Labute approximate surface area is 279 Å². The van der Waals surface area contributed by atoms with Gasteiger partial charge in [0.25, 0.3) is 0 Å². The lowest BCUT2D eigenvalue weighted by molar-refractivity contribution is 0.0686. The van der Waals surface area contributed by atoms with E-state index in [0.29, 0.717) is 39.4 Å². The van der Waals surface area contributed by atoms with Crippen LogP contribution in [0.1, 0.15) is 47.0 Å². The number of anilines is 4. The summed E-state index contributed by atoms with van der Waals surface area (Å²) in [6, 6.07) is 23.5. The highest BCUT2D eigenvalue weighted by atomic mass is 35.5. The molecule has 0 radical (unpaired) electrons. The summed E-state index contributed by atoms with van der Waals surface area (Å²) in [5, 5.41) is 36.4. The average Bonchev–Trinajstić information content (AvgIpc) is 3.04. The van der Waals surface area contributed by atoms with Crippen molar-refractivity contribution in [3.63, 3.8) is 0 Å². The lowest BCUT2D eigenvalue weighted by atomic mass is 10.0. The number of aromatic carboxylic acids is 4. The Morgan fingerprint density at radius 2 is 1.12 bits per heavy atom. The number of halogens is 1. The Morgan fingerprint density at radius 1 is 0.604 bits per heavy atom. The van der Waals surface area contributed by atoms with Crippen molar-refractivity contribution >= 4 is 69.0 Å². The number of carbonyl (C=O) groups is 4. The van der Waals surface area contributed by atoms with Gasteiger partial charge >= 0.3 is 23.9 Å². The number of methoxy groups -OCH3 is 1. The van der Waals surface area contributed by atoms with E-state index in [1.165, 1.54) is 49.6 Å². The fourth-order valence-corrected chi connectivity index (χ4v) is 3.98. The Morgan fingerprint density at radius 3 is 1.62 bits per heavy atom. The highest BCUT2D eigenvalue weighted by Gasteiger charge is 2.08. The number of hydrogen-bond donors (Lipinski definition) is 8. The molecule has 0 saturated carbocycles. The van der Waals surface area contributed by atoms with Crippen LogP contribution in [0.15, 0.2) is 91.0 Å². The Hall–Kier alpha value is -6.47. The van der Waals surface area contributed by atoms with Crippen molar-refractivity contribution in [1.82, 2.24) is 0 Å². The molecule has 5 aromatic carbocycles. The van der Waals surface area contributed by atoms with E-state index < -0.39 is 23.9 Å². The summed E-state index contributed by atoms with van der Waals surface area (Å²) in [6.07, 6.45) is 0. The van der Waals surface area contributed by atoms with Crippen LogP contribution in [0.25, 0.3) is 10.8 Å². The van der Waals surface area contributed by atoms with Crippen LogP contribution in [0.2, 0.25) is 5.02 Å². The molecule has 12 N–H and O–H groups in total. The van der Waals surface area contributed by atoms with Gasteiger partial charge in [0.15, 0.2) is 0 Å². The predicted molar refractivity (Wildman–Crippen MR) is 185 cm³/mol. The third-order valence-corrected chi connectivity index (χ3v) is 6.71. The van der Waals surface area contributed by atoms with E-state index in [-0.39, 0.29) is 21.7 Å². The highest BCUT2D eigenvalue weighted by molar-refractivity contribution is 6.33. The third-order valence-electron chi connectivity index (χ3n) is 6.38. The second kappa shape index (κ2) is 17.3. The number of fused-ring (bicyclic) bond motifs is 1. The van der Waals surface area contributed by atoms with E-state index in [4.69, 9.17) is 59.7 Å². The first-order valence-corrected chi connectivity index (χ1v) is 14.0. The van der Waals surface area contributed by atoms with Crippen LogP contribution < -0.4 is 27.7 Å². The topological polar surface area (TPSA) is 263 Å². The van der Waals surface area contributed by atoms with Crippen LogP contribution in [-0.2, 0) is 0 Å². The minimum Gasteiger partial charge on any atom is -0.495 e. The zero-order valence-corrected chi connectivity index (χ0v) is 26.4. The van der Waals surface area contributed by atoms with Gasteiger partial charge in [-0.2, -0.15) is 0 Å². The lowest BCUT2D eigenvalue weighted by Crippen LogP contribution is -1.99. The maximum atomic E-state index is 10.9. The van der Waals surface area contributed by atoms with E-state index in [2.05, 4.69) is 0 Å². The molecule has 250 valence electrons. The number of nitrogen functional groups attached to an aromatic ring is 4.